The Labute approximate surface area is 171 Å². The second-order valence-corrected chi connectivity index (χ2v) is 8.69. The molecule has 0 spiro atoms. The van der Waals surface area contributed by atoms with Gasteiger partial charge < -0.3 is 19.7 Å². The molecule has 2 aliphatic heterocycles. The molecule has 3 rings (SSSR count). The molecular formula is C18H23N3O5S2. The fourth-order valence-corrected chi connectivity index (χ4v) is 5.19. The number of anilines is 1. The first-order valence-electron chi connectivity index (χ1n) is 9.14. The lowest BCUT2D eigenvalue weighted by atomic mass is 10.2. The van der Waals surface area contributed by atoms with Crippen LogP contribution in [-0.4, -0.2) is 66.5 Å². The molecule has 28 heavy (non-hydrogen) atoms. The van der Waals surface area contributed by atoms with Crippen molar-refractivity contribution >= 4 is 51.1 Å². The maximum atomic E-state index is 12.5. The zero-order chi connectivity index (χ0) is 20.1. The minimum atomic E-state index is -0.547. The summed E-state index contributed by atoms with van der Waals surface area (Å²) < 4.78 is 10.1. The molecule has 0 aliphatic carbocycles. The van der Waals surface area contributed by atoms with E-state index >= 15 is 0 Å². The Morgan fingerprint density at radius 1 is 1.39 bits per heavy atom. The maximum Gasteiger partial charge on any atom is 0.340 e. The van der Waals surface area contributed by atoms with Gasteiger partial charge in [0.05, 0.1) is 25.9 Å². The first-order chi connectivity index (χ1) is 13.5. The number of aryl methyl sites for hydroxylation is 1. The number of methoxy groups -OCH3 is 1. The summed E-state index contributed by atoms with van der Waals surface area (Å²) in [6.45, 7) is 4.64. The smallest absolute Gasteiger partial charge is 0.340 e. The van der Waals surface area contributed by atoms with Crippen molar-refractivity contribution in [1.29, 1.82) is 0 Å². The number of nitrogens with one attached hydrogen (secondary N) is 1. The minimum Gasteiger partial charge on any atom is -0.465 e. The van der Waals surface area contributed by atoms with Gasteiger partial charge in [-0.1, -0.05) is 25.1 Å². The van der Waals surface area contributed by atoms with Crippen molar-refractivity contribution in [3.8, 4) is 0 Å². The van der Waals surface area contributed by atoms with E-state index in [4.69, 9.17) is 9.47 Å². The fourth-order valence-electron chi connectivity index (χ4n) is 2.91. The lowest BCUT2D eigenvalue weighted by Gasteiger charge is -2.27. The molecule has 152 valence electrons. The highest BCUT2D eigenvalue weighted by Crippen LogP contribution is 2.32. The number of nitrogens with zero attached hydrogens (tertiary/aromatic N) is 2. The van der Waals surface area contributed by atoms with Gasteiger partial charge in [-0.15, -0.1) is 11.3 Å². The Hall–Kier alpha value is -1.91. The molecule has 1 unspecified atom stereocenters. The molecule has 0 saturated carbocycles. The van der Waals surface area contributed by atoms with Crippen LogP contribution in [0.15, 0.2) is 11.1 Å². The van der Waals surface area contributed by atoms with Crippen LogP contribution in [0.1, 0.15) is 35.0 Å². The van der Waals surface area contributed by atoms with Gasteiger partial charge in [0.2, 0.25) is 5.91 Å². The largest absolute Gasteiger partial charge is 0.465 e. The molecule has 1 aromatic rings. The number of thioether (sulfide) groups is 1. The number of rotatable bonds is 6. The van der Waals surface area contributed by atoms with Crippen molar-refractivity contribution in [2.45, 2.75) is 31.4 Å². The molecule has 1 saturated heterocycles. The lowest BCUT2D eigenvalue weighted by molar-refractivity contribution is -0.121. The first-order valence-corrected chi connectivity index (χ1v) is 10.8. The van der Waals surface area contributed by atoms with E-state index in [-0.39, 0.29) is 18.2 Å². The number of morpholine rings is 1. The quantitative estimate of drug-likeness (QED) is 0.698. The normalized spacial score (nSPS) is 19.5. The summed E-state index contributed by atoms with van der Waals surface area (Å²) in [6, 6.07) is 1.75. The highest BCUT2D eigenvalue weighted by molar-refractivity contribution is 8.15. The van der Waals surface area contributed by atoms with E-state index in [2.05, 4.69) is 10.3 Å². The highest BCUT2D eigenvalue weighted by Gasteiger charge is 2.34. The summed E-state index contributed by atoms with van der Waals surface area (Å²) in [5, 5.41) is 3.35. The van der Waals surface area contributed by atoms with E-state index in [9.17, 15) is 14.4 Å². The molecule has 2 amide bonds. The van der Waals surface area contributed by atoms with Gasteiger partial charge in [0.1, 0.15) is 10.3 Å². The Balaban J connectivity index is 1.61. The molecule has 1 N–H and O–H groups in total. The average molecular weight is 426 g/mol. The number of thiophene rings is 1. The minimum absolute atomic E-state index is 0.00244. The number of aliphatic imine (C=N–C) groups is 1. The number of hydrogen-bond acceptors (Lipinski definition) is 8. The SMILES string of the molecule is CCCc1cc(C(=O)OC)c(NC(=O)CC2SC(N3CCOCC3)=NC2=O)s1. The number of hydrogen-bond donors (Lipinski definition) is 1. The molecule has 1 atom stereocenters. The number of carbonyl (C=O) groups is 3. The van der Waals surface area contributed by atoms with Crippen LogP contribution < -0.4 is 5.32 Å². The van der Waals surface area contributed by atoms with Crippen molar-refractivity contribution in [2.75, 3.05) is 38.7 Å². The van der Waals surface area contributed by atoms with Crippen LogP contribution in [-0.2, 0) is 25.5 Å². The standard InChI is InChI=1S/C18H23N3O5S2/c1-3-4-11-9-12(17(24)25-2)16(27-11)19-14(22)10-13-15(23)20-18(28-13)21-5-7-26-8-6-21/h9,13H,3-8,10H2,1-2H3,(H,19,22). The van der Waals surface area contributed by atoms with Crippen molar-refractivity contribution in [3.63, 3.8) is 0 Å². The number of amides is 2. The number of ether oxygens (including phenoxy) is 2. The second-order valence-electron chi connectivity index (χ2n) is 6.39. The summed E-state index contributed by atoms with van der Waals surface area (Å²) in [6.07, 6.45) is 1.75. The summed E-state index contributed by atoms with van der Waals surface area (Å²) in [7, 11) is 1.31. The number of carbonyl (C=O) groups excluding carboxylic acids is 3. The third kappa shape index (κ3) is 4.92. The van der Waals surface area contributed by atoms with Crippen molar-refractivity contribution in [3.05, 3.63) is 16.5 Å². The van der Waals surface area contributed by atoms with Gasteiger partial charge in [-0.05, 0) is 12.5 Å². The molecule has 0 radical (unpaired) electrons. The van der Waals surface area contributed by atoms with Gasteiger partial charge in [0.25, 0.3) is 5.91 Å². The number of amidine groups is 1. The zero-order valence-corrected chi connectivity index (χ0v) is 17.5. The van der Waals surface area contributed by atoms with Crippen LogP contribution in [0.2, 0.25) is 0 Å². The van der Waals surface area contributed by atoms with Crippen LogP contribution in [0.5, 0.6) is 0 Å². The third-order valence-corrected chi connectivity index (χ3v) is 6.64. The Kier molecular flexibility index (Phi) is 7.08. The fraction of sp³-hybridized carbons (Fsp3) is 0.556. The maximum absolute atomic E-state index is 12.5. The summed E-state index contributed by atoms with van der Waals surface area (Å²) in [5.41, 5.74) is 0.347. The van der Waals surface area contributed by atoms with E-state index in [1.165, 1.54) is 30.2 Å². The summed E-state index contributed by atoms with van der Waals surface area (Å²) >= 11 is 2.68. The van der Waals surface area contributed by atoms with E-state index in [0.29, 0.717) is 42.0 Å². The van der Waals surface area contributed by atoms with Gasteiger partial charge in [-0.3, -0.25) is 9.59 Å². The highest BCUT2D eigenvalue weighted by atomic mass is 32.2. The Morgan fingerprint density at radius 3 is 2.82 bits per heavy atom. The Morgan fingerprint density at radius 2 is 2.14 bits per heavy atom. The zero-order valence-electron chi connectivity index (χ0n) is 15.9. The predicted molar refractivity (Wildman–Crippen MR) is 109 cm³/mol. The molecule has 2 aliphatic rings. The van der Waals surface area contributed by atoms with Crippen molar-refractivity contribution < 1.29 is 23.9 Å². The molecule has 10 heteroatoms. The number of esters is 1. The predicted octanol–water partition coefficient (Wildman–Crippen LogP) is 2.15. The monoisotopic (exact) mass is 425 g/mol. The summed E-state index contributed by atoms with van der Waals surface area (Å²) in [4.78, 5) is 43.8. The van der Waals surface area contributed by atoms with Crippen LogP contribution in [0, 0.1) is 0 Å². The molecule has 0 aromatic carbocycles. The molecular weight excluding hydrogens is 402 g/mol. The van der Waals surface area contributed by atoms with E-state index in [1.54, 1.807) is 6.07 Å². The Bertz CT molecular complexity index is 786. The van der Waals surface area contributed by atoms with Crippen LogP contribution in [0.25, 0.3) is 0 Å². The van der Waals surface area contributed by atoms with Crippen molar-refractivity contribution in [2.24, 2.45) is 4.99 Å². The van der Waals surface area contributed by atoms with Crippen molar-refractivity contribution in [1.82, 2.24) is 4.90 Å². The molecule has 3 heterocycles. The average Bonchev–Trinajstić information content (AvgIpc) is 3.25. The van der Waals surface area contributed by atoms with Gasteiger partial charge in [0.15, 0.2) is 5.17 Å². The van der Waals surface area contributed by atoms with Gasteiger partial charge >= 0.3 is 5.97 Å². The first kappa shape index (κ1) is 20.8. The van der Waals surface area contributed by atoms with Gasteiger partial charge in [0, 0.05) is 24.4 Å². The van der Waals surface area contributed by atoms with E-state index in [0.717, 1.165) is 17.7 Å². The molecule has 0 bridgehead atoms. The lowest BCUT2D eigenvalue weighted by Crippen LogP contribution is -2.39. The van der Waals surface area contributed by atoms with Crippen LogP contribution in [0.3, 0.4) is 0 Å². The second kappa shape index (κ2) is 9.53. The molecule has 8 nitrogen and oxygen atoms in total. The third-order valence-electron chi connectivity index (χ3n) is 4.32. The van der Waals surface area contributed by atoms with Crippen LogP contribution in [0.4, 0.5) is 5.00 Å². The van der Waals surface area contributed by atoms with Crippen LogP contribution >= 0.6 is 23.1 Å². The topological polar surface area (TPSA) is 97.3 Å². The van der Waals surface area contributed by atoms with E-state index < -0.39 is 11.2 Å². The summed E-state index contributed by atoms with van der Waals surface area (Å²) in [5.74, 6) is -1.11. The van der Waals surface area contributed by atoms with E-state index in [1.807, 2.05) is 11.8 Å². The molecule has 1 fully saturated rings. The van der Waals surface area contributed by atoms with Gasteiger partial charge in [-0.2, -0.15) is 4.99 Å². The molecule has 1 aromatic heterocycles. The van der Waals surface area contributed by atoms with Gasteiger partial charge in [-0.25, -0.2) is 4.79 Å².